The van der Waals surface area contributed by atoms with Crippen LogP contribution in [0.2, 0.25) is 0 Å². The van der Waals surface area contributed by atoms with Gasteiger partial charge in [-0.3, -0.25) is 0 Å². The fourth-order valence-corrected chi connectivity index (χ4v) is 9.04. The first kappa shape index (κ1) is 31.0. The van der Waals surface area contributed by atoms with Crippen molar-refractivity contribution in [1.29, 1.82) is 0 Å². The third kappa shape index (κ3) is 5.19. The molecule has 7 aromatic carbocycles. The Bertz CT molecular complexity index is 2850. The Morgan fingerprint density at radius 3 is 1.94 bits per heavy atom. The molecule has 3 atom stereocenters. The Balaban J connectivity index is 0.966. The maximum atomic E-state index is 6.58. The molecule has 1 aliphatic carbocycles. The van der Waals surface area contributed by atoms with Gasteiger partial charge in [0.15, 0.2) is 11.6 Å². The number of nitrogens with zero attached hydrogens (tertiary/aromatic N) is 4. The molecule has 1 saturated carbocycles. The first-order valence-corrected chi connectivity index (χ1v) is 18.9. The number of aromatic nitrogens is 3. The van der Waals surface area contributed by atoms with Crippen LogP contribution < -0.4 is 4.90 Å². The second-order valence-electron chi connectivity index (χ2n) is 14.7. The van der Waals surface area contributed by atoms with Crippen LogP contribution in [-0.2, 0) is 0 Å². The average molecular weight is 697 g/mol. The van der Waals surface area contributed by atoms with Crippen molar-refractivity contribution < 1.29 is 4.42 Å². The largest absolute Gasteiger partial charge is 0.456 e. The molecule has 0 N–H and O–H groups in total. The van der Waals surface area contributed by atoms with E-state index in [2.05, 4.69) is 150 Å². The molecular weight excluding hydrogens is 661 g/mol. The van der Waals surface area contributed by atoms with Crippen molar-refractivity contribution in [2.45, 2.75) is 37.1 Å². The van der Waals surface area contributed by atoms with Crippen molar-refractivity contribution in [3.05, 3.63) is 175 Å². The zero-order chi connectivity index (χ0) is 35.6. The summed E-state index contributed by atoms with van der Waals surface area (Å²) in [6.07, 6.45) is 3.07. The lowest BCUT2D eigenvalue weighted by atomic mass is 9.76. The Morgan fingerprint density at radius 1 is 0.500 bits per heavy atom. The van der Waals surface area contributed by atoms with E-state index < -0.39 is 0 Å². The van der Waals surface area contributed by atoms with Crippen LogP contribution in [0.4, 0.5) is 11.4 Å². The summed E-state index contributed by atoms with van der Waals surface area (Å²) in [5.41, 5.74) is 9.92. The number of para-hydroxylation sites is 2. The first-order chi connectivity index (χ1) is 26.7. The smallest absolute Gasteiger partial charge is 0.163 e. The summed E-state index contributed by atoms with van der Waals surface area (Å²) in [6, 6.07) is 58.5. The Kier molecular flexibility index (Phi) is 7.19. The van der Waals surface area contributed by atoms with Crippen molar-refractivity contribution in [2.24, 2.45) is 0 Å². The lowest BCUT2D eigenvalue weighted by Crippen LogP contribution is -2.34. The summed E-state index contributed by atoms with van der Waals surface area (Å²) in [4.78, 5) is 18.1. The molecule has 2 aliphatic rings. The van der Waals surface area contributed by atoms with E-state index in [-0.39, 0.29) is 5.92 Å². The van der Waals surface area contributed by atoms with Gasteiger partial charge in [-0.2, -0.15) is 0 Å². The van der Waals surface area contributed by atoms with Gasteiger partial charge in [0.1, 0.15) is 17.0 Å². The van der Waals surface area contributed by atoms with Crippen LogP contribution in [0.1, 0.15) is 42.5 Å². The van der Waals surface area contributed by atoms with E-state index in [0.717, 1.165) is 63.7 Å². The van der Waals surface area contributed by atoms with Gasteiger partial charge in [-0.25, -0.2) is 15.0 Å². The minimum absolute atomic E-state index is 0.211. The summed E-state index contributed by atoms with van der Waals surface area (Å²) >= 11 is 0. The number of rotatable bonds is 5. The van der Waals surface area contributed by atoms with E-state index in [1.807, 2.05) is 18.2 Å². The molecule has 0 bridgehead atoms. The number of hydrogen-bond acceptors (Lipinski definition) is 5. The Hall–Kier alpha value is -6.59. The van der Waals surface area contributed by atoms with Crippen molar-refractivity contribution in [2.75, 3.05) is 4.90 Å². The summed E-state index contributed by atoms with van der Waals surface area (Å²) in [7, 11) is 0. The highest BCUT2D eigenvalue weighted by molar-refractivity contribution is 6.07. The van der Waals surface area contributed by atoms with Gasteiger partial charge in [0.25, 0.3) is 0 Å². The predicted molar refractivity (Wildman–Crippen MR) is 219 cm³/mol. The molecule has 5 heteroatoms. The normalized spacial score (nSPS) is 17.9. The average Bonchev–Trinajstić information content (AvgIpc) is 3.78. The summed E-state index contributed by atoms with van der Waals surface area (Å²) in [6.45, 7) is 0. The maximum Gasteiger partial charge on any atom is 0.163 e. The molecule has 1 fully saturated rings. The lowest BCUT2D eigenvalue weighted by Gasteiger charge is -2.36. The highest BCUT2D eigenvalue weighted by atomic mass is 16.3. The van der Waals surface area contributed by atoms with E-state index in [0.29, 0.717) is 23.6 Å². The van der Waals surface area contributed by atoms with Gasteiger partial charge in [0, 0.05) is 51.2 Å². The molecule has 3 unspecified atom stereocenters. The molecule has 5 nitrogen and oxygen atoms in total. The predicted octanol–water partition coefficient (Wildman–Crippen LogP) is 12.5. The zero-order valence-electron chi connectivity index (χ0n) is 29.6. The van der Waals surface area contributed by atoms with Crippen LogP contribution in [-0.4, -0.2) is 21.0 Å². The molecule has 9 aromatic rings. The monoisotopic (exact) mass is 696 g/mol. The molecule has 258 valence electrons. The molecule has 0 radical (unpaired) electrons. The number of anilines is 2. The second kappa shape index (κ2) is 12.5. The quantitative estimate of drug-likeness (QED) is 0.179. The number of fused-ring (bicyclic) bond motifs is 7. The molecule has 1 aliphatic heterocycles. The summed E-state index contributed by atoms with van der Waals surface area (Å²) in [5.74, 6) is 2.87. The topological polar surface area (TPSA) is 55.1 Å². The Labute approximate surface area is 313 Å². The van der Waals surface area contributed by atoms with Gasteiger partial charge < -0.3 is 9.32 Å². The SMILES string of the molecule is c1ccc(-c2nc(-c3ccc4c(c3)oc3cc(-c5ccc6ccccc6c5)ccc34)nc(C3CCC4C(C3)c3ccccc3N4c3ccccc3)n2)cc1. The van der Waals surface area contributed by atoms with Gasteiger partial charge in [-0.15, -0.1) is 0 Å². The zero-order valence-corrected chi connectivity index (χ0v) is 29.6. The van der Waals surface area contributed by atoms with E-state index in [1.165, 1.54) is 33.3 Å². The molecule has 0 saturated heterocycles. The fraction of sp³-hybridized carbons (Fsp3) is 0.122. The van der Waals surface area contributed by atoms with Crippen LogP contribution in [0.15, 0.2) is 168 Å². The van der Waals surface area contributed by atoms with E-state index in [9.17, 15) is 0 Å². The first-order valence-electron chi connectivity index (χ1n) is 18.9. The van der Waals surface area contributed by atoms with Gasteiger partial charge in [-0.1, -0.05) is 115 Å². The molecular formula is C49H36N4O. The molecule has 0 spiro atoms. The van der Waals surface area contributed by atoms with Crippen molar-refractivity contribution in [3.63, 3.8) is 0 Å². The molecule has 2 aromatic heterocycles. The van der Waals surface area contributed by atoms with E-state index in [4.69, 9.17) is 19.4 Å². The van der Waals surface area contributed by atoms with E-state index >= 15 is 0 Å². The van der Waals surface area contributed by atoms with Crippen molar-refractivity contribution in [1.82, 2.24) is 15.0 Å². The van der Waals surface area contributed by atoms with Crippen LogP contribution in [0, 0.1) is 0 Å². The van der Waals surface area contributed by atoms with Gasteiger partial charge in [0.05, 0.1) is 0 Å². The minimum Gasteiger partial charge on any atom is -0.456 e. The third-order valence-electron chi connectivity index (χ3n) is 11.6. The van der Waals surface area contributed by atoms with E-state index in [1.54, 1.807) is 0 Å². The number of hydrogen-bond donors (Lipinski definition) is 0. The van der Waals surface area contributed by atoms with Crippen molar-refractivity contribution >= 4 is 44.1 Å². The second-order valence-corrected chi connectivity index (χ2v) is 14.7. The summed E-state index contributed by atoms with van der Waals surface area (Å²) in [5, 5.41) is 4.64. The summed E-state index contributed by atoms with van der Waals surface area (Å²) < 4.78 is 6.58. The van der Waals surface area contributed by atoms with Gasteiger partial charge in [0.2, 0.25) is 0 Å². The standard InChI is InChI=1S/C49H36N4O/c1-3-12-32(13-4-1)47-50-48(36-23-26-44-42(28-36)39-17-9-10-18-43(39)53(44)38-15-5-2-6-16-38)52-49(51-47)37-22-25-41-40-24-21-35(29-45(40)54-46(41)30-37)34-20-19-31-11-7-8-14-33(31)27-34/h1-22,24-25,27,29-30,36,42,44H,23,26,28H2. The van der Waals surface area contributed by atoms with Gasteiger partial charge in [-0.05, 0) is 95.3 Å². The molecule has 0 amide bonds. The third-order valence-corrected chi connectivity index (χ3v) is 11.6. The highest BCUT2D eigenvalue weighted by Gasteiger charge is 2.43. The minimum atomic E-state index is 0.211. The molecule has 3 heterocycles. The molecule has 54 heavy (non-hydrogen) atoms. The maximum absolute atomic E-state index is 6.58. The Morgan fingerprint density at radius 2 is 1.13 bits per heavy atom. The van der Waals surface area contributed by atoms with Gasteiger partial charge >= 0.3 is 0 Å². The van der Waals surface area contributed by atoms with Crippen LogP contribution >= 0.6 is 0 Å². The lowest BCUT2D eigenvalue weighted by molar-refractivity contribution is 0.352. The van der Waals surface area contributed by atoms with Crippen LogP contribution in [0.5, 0.6) is 0 Å². The number of benzene rings is 7. The van der Waals surface area contributed by atoms with Crippen LogP contribution in [0.25, 0.3) is 66.6 Å². The number of furan rings is 1. The highest BCUT2D eigenvalue weighted by Crippen LogP contribution is 2.53. The molecule has 11 rings (SSSR count). The van der Waals surface area contributed by atoms with Crippen molar-refractivity contribution in [3.8, 4) is 33.9 Å². The van der Waals surface area contributed by atoms with Crippen LogP contribution in [0.3, 0.4) is 0 Å². The fourth-order valence-electron chi connectivity index (χ4n) is 9.04.